The van der Waals surface area contributed by atoms with Crippen molar-refractivity contribution in [1.29, 1.82) is 0 Å². The lowest BCUT2D eigenvalue weighted by atomic mass is 10.3. The Morgan fingerprint density at radius 1 is 1.20 bits per heavy atom. The van der Waals surface area contributed by atoms with Crippen LogP contribution in [0.3, 0.4) is 0 Å². The second kappa shape index (κ2) is 5.64. The molecule has 3 rings (SSSR count). The smallest absolute Gasteiger partial charge is 0.111 e. The van der Waals surface area contributed by atoms with Crippen molar-refractivity contribution < 1.29 is 0 Å². The van der Waals surface area contributed by atoms with Gasteiger partial charge >= 0.3 is 0 Å². The normalized spacial score (nSPS) is 12.9. The van der Waals surface area contributed by atoms with Crippen LogP contribution in [0.4, 0.5) is 0 Å². The van der Waals surface area contributed by atoms with E-state index in [2.05, 4.69) is 50.4 Å². The van der Waals surface area contributed by atoms with Crippen LogP contribution in [0.25, 0.3) is 10.2 Å². The number of rotatable bonds is 4. The van der Waals surface area contributed by atoms with Crippen molar-refractivity contribution in [3.05, 3.63) is 50.7 Å². The highest BCUT2D eigenvalue weighted by Gasteiger charge is 2.11. The summed E-state index contributed by atoms with van der Waals surface area (Å²) in [6.45, 7) is 7.45. The fraction of sp³-hybridized carbons (Fsp3) is 0.312. The molecule has 104 valence electrons. The first-order chi connectivity index (χ1) is 9.63. The Morgan fingerprint density at radius 2 is 2.00 bits per heavy atom. The second-order valence-corrected chi connectivity index (χ2v) is 7.48. The maximum Gasteiger partial charge on any atom is 0.111 e. The summed E-state index contributed by atoms with van der Waals surface area (Å²) in [7, 11) is 0. The first kappa shape index (κ1) is 13.7. The van der Waals surface area contributed by atoms with Crippen LogP contribution in [0.1, 0.15) is 33.3 Å². The molecular weight excluding hydrogens is 284 g/mol. The van der Waals surface area contributed by atoms with Gasteiger partial charge in [-0.05, 0) is 44.5 Å². The van der Waals surface area contributed by atoms with Crippen LogP contribution in [0.2, 0.25) is 0 Å². The van der Waals surface area contributed by atoms with Crippen molar-refractivity contribution in [3.63, 3.8) is 0 Å². The van der Waals surface area contributed by atoms with E-state index in [0.717, 1.165) is 17.1 Å². The van der Waals surface area contributed by atoms with E-state index in [0.29, 0.717) is 0 Å². The van der Waals surface area contributed by atoms with Gasteiger partial charge in [0.2, 0.25) is 0 Å². The molecule has 3 aromatic rings. The molecule has 0 bridgehead atoms. The third-order valence-electron chi connectivity index (χ3n) is 3.48. The van der Waals surface area contributed by atoms with Crippen molar-refractivity contribution >= 4 is 32.9 Å². The fourth-order valence-electron chi connectivity index (χ4n) is 2.15. The average molecular weight is 302 g/mol. The van der Waals surface area contributed by atoms with Gasteiger partial charge in [-0.2, -0.15) is 0 Å². The number of fused-ring (bicyclic) bond motifs is 1. The number of thiophene rings is 1. The number of aromatic nitrogens is 1. The van der Waals surface area contributed by atoms with Crippen molar-refractivity contribution in [3.8, 4) is 0 Å². The molecule has 4 heteroatoms. The summed E-state index contributed by atoms with van der Waals surface area (Å²) in [6, 6.07) is 10.9. The van der Waals surface area contributed by atoms with Gasteiger partial charge in [0.25, 0.3) is 0 Å². The lowest BCUT2D eigenvalue weighted by Gasteiger charge is -2.09. The van der Waals surface area contributed by atoms with E-state index in [1.807, 2.05) is 17.4 Å². The summed E-state index contributed by atoms with van der Waals surface area (Å²) < 4.78 is 1.26. The minimum absolute atomic E-state index is 0.287. The molecule has 1 unspecified atom stereocenters. The lowest BCUT2D eigenvalue weighted by Crippen LogP contribution is -2.17. The quantitative estimate of drug-likeness (QED) is 0.747. The summed E-state index contributed by atoms with van der Waals surface area (Å²) in [5, 5.41) is 4.74. The van der Waals surface area contributed by atoms with Gasteiger partial charge in [-0.3, -0.25) is 0 Å². The van der Waals surface area contributed by atoms with Crippen LogP contribution in [-0.2, 0) is 6.54 Å². The largest absolute Gasteiger partial charge is 0.303 e. The maximum atomic E-state index is 4.71. The van der Waals surface area contributed by atoms with Crippen LogP contribution in [0.5, 0.6) is 0 Å². The van der Waals surface area contributed by atoms with Gasteiger partial charge in [-0.1, -0.05) is 12.1 Å². The lowest BCUT2D eigenvalue weighted by molar-refractivity contribution is 0.577. The van der Waals surface area contributed by atoms with Crippen LogP contribution in [-0.4, -0.2) is 4.98 Å². The van der Waals surface area contributed by atoms with E-state index in [4.69, 9.17) is 4.98 Å². The van der Waals surface area contributed by atoms with Crippen molar-refractivity contribution in [2.45, 2.75) is 33.4 Å². The van der Waals surface area contributed by atoms with Crippen molar-refractivity contribution in [2.24, 2.45) is 0 Å². The van der Waals surface area contributed by atoms with Crippen LogP contribution in [0.15, 0.2) is 30.3 Å². The first-order valence-corrected chi connectivity index (χ1v) is 8.41. The van der Waals surface area contributed by atoms with Crippen LogP contribution in [0, 0.1) is 13.8 Å². The van der Waals surface area contributed by atoms with Gasteiger partial charge in [0.15, 0.2) is 0 Å². The number of hydrogen-bond donors (Lipinski definition) is 1. The molecule has 0 saturated heterocycles. The SMILES string of the molecule is Cc1cc(CNC(C)c2nc3ccccc3s2)sc1C. The molecule has 2 aromatic heterocycles. The Kier molecular flexibility index (Phi) is 3.87. The van der Waals surface area contributed by atoms with E-state index in [-0.39, 0.29) is 6.04 Å². The molecule has 0 aliphatic carbocycles. The summed E-state index contributed by atoms with van der Waals surface area (Å²) in [5.74, 6) is 0. The maximum absolute atomic E-state index is 4.71. The zero-order valence-corrected chi connectivity index (χ0v) is 13.6. The molecule has 2 heterocycles. The van der Waals surface area contributed by atoms with Gasteiger partial charge in [0.05, 0.1) is 16.3 Å². The molecule has 0 fully saturated rings. The third kappa shape index (κ3) is 2.77. The van der Waals surface area contributed by atoms with Crippen molar-refractivity contribution in [2.75, 3.05) is 0 Å². The molecule has 0 radical (unpaired) electrons. The van der Waals surface area contributed by atoms with E-state index in [1.54, 1.807) is 11.3 Å². The fourth-order valence-corrected chi connectivity index (χ4v) is 4.15. The molecule has 20 heavy (non-hydrogen) atoms. The van der Waals surface area contributed by atoms with E-state index < -0.39 is 0 Å². The molecule has 2 nitrogen and oxygen atoms in total. The number of para-hydroxylation sites is 1. The third-order valence-corrected chi connectivity index (χ3v) is 5.85. The van der Waals surface area contributed by atoms with Gasteiger partial charge < -0.3 is 5.32 Å². The zero-order chi connectivity index (χ0) is 14.1. The molecule has 0 aliphatic heterocycles. The number of thiazole rings is 1. The van der Waals surface area contributed by atoms with E-state index in [1.165, 1.54) is 20.0 Å². The number of aryl methyl sites for hydroxylation is 2. The molecule has 1 N–H and O–H groups in total. The predicted molar refractivity (Wildman–Crippen MR) is 88.7 cm³/mol. The van der Waals surface area contributed by atoms with E-state index in [9.17, 15) is 0 Å². The number of hydrogen-bond acceptors (Lipinski definition) is 4. The Hall–Kier alpha value is -1.23. The minimum Gasteiger partial charge on any atom is -0.303 e. The summed E-state index contributed by atoms with van der Waals surface area (Å²) in [4.78, 5) is 7.51. The topological polar surface area (TPSA) is 24.9 Å². The van der Waals surface area contributed by atoms with Crippen LogP contribution < -0.4 is 5.32 Å². The summed E-state index contributed by atoms with van der Waals surface area (Å²) in [5.41, 5.74) is 2.49. The first-order valence-electron chi connectivity index (χ1n) is 6.78. The molecule has 0 aliphatic rings. The molecule has 1 aromatic carbocycles. The highest BCUT2D eigenvalue weighted by Crippen LogP contribution is 2.27. The molecule has 0 spiro atoms. The summed E-state index contributed by atoms with van der Waals surface area (Å²) >= 11 is 3.66. The Morgan fingerprint density at radius 3 is 2.70 bits per heavy atom. The minimum atomic E-state index is 0.287. The predicted octanol–water partition coefficient (Wildman–Crippen LogP) is 4.83. The highest BCUT2D eigenvalue weighted by atomic mass is 32.1. The standard InChI is InChI=1S/C16H18N2S2/c1-10-8-13(19-12(10)3)9-17-11(2)16-18-14-6-4-5-7-15(14)20-16/h4-8,11,17H,9H2,1-3H3. The zero-order valence-electron chi connectivity index (χ0n) is 11.9. The van der Waals surface area contributed by atoms with Gasteiger partial charge in [0.1, 0.15) is 5.01 Å². The highest BCUT2D eigenvalue weighted by molar-refractivity contribution is 7.18. The molecule has 1 atom stereocenters. The Bertz CT molecular complexity index is 674. The van der Waals surface area contributed by atoms with Crippen molar-refractivity contribution in [1.82, 2.24) is 10.3 Å². The molecular formula is C16H18N2S2. The second-order valence-electron chi connectivity index (χ2n) is 5.07. The van der Waals surface area contributed by atoms with Gasteiger partial charge in [-0.15, -0.1) is 22.7 Å². The van der Waals surface area contributed by atoms with Gasteiger partial charge in [-0.25, -0.2) is 4.98 Å². The Balaban J connectivity index is 1.70. The number of nitrogens with zero attached hydrogens (tertiary/aromatic N) is 1. The van der Waals surface area contributed by atoms with E-state index >= 15 is 0 Å². The number of benzene rings is 1. The molecule has 0 amide bonds. The average Bonchev–Trinajstić information content (AvgIpc) is 3.00. The monoisotopic (exact) mass is 302 g/mol. The van der Waals surface area contributed by atoms with Crippen LogP contribution >= 0.6 is 22.7 Å². The summed E-state index contributed by atoms with van der Waals surface area (Å²) in [6.07, 6.45) is 0. The Labute approximate surface area is 127 Å². The number of nitrogens with one attached hydrogen (secondary N) is 1. The molecule has 0 saturated carbocycles. The van der Waals surface area contributed by atoms with Gasteiger partial charge in [0, 0.05) is 16.3 Å².